The molecule has 0 atom stereocenters. The van der Waals surface area contributed by atoms with Crippen LogP contribution in [0.5, 0.6) is 5.75 Å². The molecular formula is C18H23N3O5. The molecule has 2 aromatic rings. The minimum atomic E-state index is -1.06. The van der Waals surface area contributed by atoms with E-state index >= 15 is 0 Å². The van der Waals surface area contributed by atoms with E-state index in [1.165, 1.54) is 0 Å². The molecule has 8 heteroatoms. The van der Waals surface area contributed by atoms with E-state index in [4.69, 9.17) is 14.4 Å². The molecule has 26 heavy (non-hydrogen) atoms. The van der Waals surface area contributed by atoms with Crippen molar-refractivity contribution in [3.05, 3.63) is 36.0 Å². The Balaban J connectivity index is 1.79. The smallest absolute Gasteiger partial charge is 0.341 e. The number of nitrogens with zero attached hydrogens (tertiary/aromatic N) is 2. The normalized spacial score (nSPS) is 11.2. The van der Waals surface area contributed by atoms with Gasteiger partial charge in [0, 0.05) is 30.0 Å². The van der Waals surface area contributed by atoms with Crippen LogP contribution in [0.25, 0.3) is 0 Å². The maximum Gasteiger partial charge on any atom is 0.341 e. The van der Waals surface area contributed by atoms with Crippen LogP contribution >= 0.6 is 0 Å². The molecule has 1 amide bonds. The molecular weight excluding hydrogens is 338 g/mol. The van der Waals surface area contributed by atoms with Crippen LogP contribution in [0.1, 0.15) is 45.3 Å². The Bertz CT molecular complexity index is 764. The van der Waals surface area contributed by atoms with Gasteiger partial charge in [-0.05, 0) is 18.6 Å². The highest BCUT2D eigenvalue weighted by molar-refractivity contribution is 5.90. The fourth-order valence-electron chi connectivity index (χ4n) is 2.09. The van der Waals surface area contributed by atoms with Crippen LogP contribution in [0.15, 0.2) is 28.8 Å². The predicted octanol–water partition coefficient (Wildman–Crippen LogP) is 2.79. The Kier molecular flexibility index (Phi) is 6.32. The summed E-state index contributed by atoms with van der Waals surface area (Å²) in [5.74, 6) is 0.332. The largest absolute Gasteiger partial charge is 0.482 e. The average molecular weight is 361 g/mol. The summed E-state index contributed by atoms with van der Waals surface area (Å²) >= 11 is 0. The molecule has 0 aliphatic carbocycles. The topological polar surface area (TPSA) is 115 Å². The Morgan fingerprint density at radius 1 is 1.31 bits per heavy atom. The van der Waals surface area contributed by atoms with Crippen LogP contribution in [0.4, 0.5) is 5.69 Å². The summed E-state index contributed by atoms with van der Waals surface area (Å²) in [6, 6.07) is 6.59. The number of nitrogens with one attached hydrogen (secondary N) is 1. The average Bonchev–Trinajstić information content (AvgIpc) is 3.02. The van der Waals surface area contributed by atoms with Gasteiger partial charge in [0.2, 0.25) is 11.8 Å². The molecule has 0 aliphatic rings. The molecule has 8 nitrogen and oxygen atoms in total. The number of carboxylic acid groups (broad SMARTS) is 1. The van der Waals surface area contributed by atoms with Crippen molar-refractivity contribution in [1.82, 2.24) is 10.1 Å². The lowest BCUT2D eigenvalue weighted by atomic mass is 9.96. The van der Waals surface area contributed by atoms with Gasteiger partial charge in [-0.25, -0.2) is 4.79 Å². The monoisotopic (exact) mass is 361 g/mol. The number of anilines is 1. The van der Waals surface area contributed by atoms with E-state index < -0.39 is 12.6 Å². The molecule has 0 radical (unpaired) electrons. The highest BCUT2D eigenvalue weighted by Crippen LogP contribution is 2.20. The van der Waals surface area contributed by atoms with Gasteiger partial charge in [0.15, 0.2) is 12.4 Å². The Morgan fingerprint density at radius 2 is 2.08 bits per heavy atom. The molecule has 2 N–H and O–H groups in total. The number of benzene rings is 1. The lowest BCUT2D eigenvalue weighted by Gasteiger charge is -2.10. The third-order valence-corrected chi connectivity index (χ3v) is 3.41. The Labute approximate surface area is 151 Å². The van der Waals surface area contributed by atoms with Gasteiger partial charge in [0.05, 0.1) is 0 Å². The van der Waals surface area contributed by atoms with Crippen LogP contribution in [-0.2, 0) is 21.4 Å². The molecule has 0 unspecified atom stereocenters. The molecule has 2 rings (SSSR count). The van der Waals surface area contributed by atoms with Gasteiger partial charge in [0.1, 0.15) is 5.75 Å². The standard InChI is InChI=1S/C18H23N3O5/c1-18(2,3)17-20-15(26-21-17)9-5-8-14(22)19-12-6-4-7-13(10-12)25-11-16(23)24/h4,6-7,10H,5,8-9,11H2,1-3H3,(H,19,22)(H,23,24). The van der Waals surface area contributed by atoms with Crippen molar-refractivity contribution in [1.29, 1.82) is 0 Å². The number of ether oxygens (including phenoxy) is 1. The van der Waals surface area contributed by atoms with E-state index in [1.54, 1.807) is 24.3 Å². The summed E-state index contributed by atoms with van der Waals surface area (Å²) in [4.78, 5) is 26.9. The van der Waals surface area contributed by atoms with Crippen LogP contribution < -0.4 is 10.1 Å². The van der Waals surface area contributed by atoms with Crippen LogP contribution in [0, 0.1) is 0 Å². The maximum absolute atomic E-state index is 12.0. The first-order valence-electron chi connectivity index (χ1n) is 8.31. The van der Waals surface area contributed by atoms with Crippen LogP contribution in [0.2, 0.25) is 0 Å². The molecule has 0 saturated carbocycles. The number of hydrogen-bond acceptors (Lipinski definition) is 6. The lowest BCUT2D eigenvalue weighted by Crippen LogP contribution is -2.13. The van der Waals surface area contributed by atoms with Gasteiger partial charge >= 0.3 is 5.97 Å². The van der Waals surface area contributed by atoms with Gasteiger partial charge in [-0.15, -0.1) is 0 Å². The molecule has 1 aromatic heterocycles. The maximum atomic E-state index is 12.0. The zero-order valence-corrected chi connectivity index (χ0v) is 15.1. The van der Waals surface area contributed by atoms with Gasteiger partial charge in [-0.1, -0.05) is 32.0 Å². The van der Waals surface area contributed by atoms with Crippen molar-refractivity contribution >= 4 is 17.6 Å². The van der Waals surface area contributed by atoms with Crippen molar-refractivity contribution < 1.29 is 24.0 Å². The summed E-state index contributed by atoms with van der Waals surface area (Å²) < 4.78 is 10.3. The van der Waals surface area contributed by atoms with E-state index in [2.05, 4.69) is 15.5 Å². The van der Waals surface area contributed by atoms with Crippen molar-refractivity contribution in [2.45, 2.75) is 45.4 Å². The highest BCUT2D eigenvalue weighted by atomic mass is 16.5. The zero-order chi connectivity index (χ0) is 19.2. The first-order valence-corrected chi connectivity index (χ1v) is 8.31. The quantitative estimate of drug-likeness (QED) is 0.743. The van der Waals surface area contributed by atoms with Crippen molar-refractivity contribution in [3.63, 3.8) is 0 Å². The second-order valence-electron chi connectivity index (χ2n) is 6.87. The van der Waals surface area contributed by atoms with Gasteiger partial charge < -0.3 is 19.7 Å². The molecule has 1 aromatic carbocycles. The molecule has 0 fully saturated rings. The number of aromatic nitrogens is 2. The summed E-state index contributed by atoms with van der Waals surface area (Å²) in [6.07, 6.45) is 1.40. The number of aliphatic carboxylic acids is 1. The van der Waals surface area contributed by atoms with Crippen LogP contribution in [-0.4, -0.2) is 33.7 Å². The predicted molar refractivity (Wildman–Crippen MR) is 94.1 cm³/mol. The van der Waals surface area contributed by atoms with Crippen molar-refractivity contribution in [2.24, 2.45) is 0 Å². The van der Waals surface area contributed by atoms with E-state index in [0.717, 1.165) is 0 Å². The van der Waals surface area contributed by atoms with Crippen LogP contribution in [0.3, 0.4) is 0 Å². The third kappa shape index (κ3) is 6.19. The number of carbonyl (C=O) groups is 2. The number of hydrogen-bond donors (Lipinski definition) is 2. The fourth-order valence-corrected chi connectivity index (χ4v) is 2.09. The minimum Gasteiger partial charge on any atom is -0.482 e. The molecule has 0 aliphatic heterocycles. The summed E-state index contributed by atoms with van der Waals surface area (Å²) in [6.45, 7) is 5.58. The molecule has 140 valence electrons. The Morgan fingerprint density at radius 3 is 2.73 bits per heavy atom. The number of rotatable bonds is 8. The number of carboxylic acids is 1. The van der Waals surface area contributed by atoms with Gasteiger partial charge in [-0.3, -0.25) is 4.79 Å². The first kappa shape index (κ1) is 19.4. The number of amides is 1. The number of carbonyl (C=O) groups excluding carboxylic acids is 1. The summed E-state index contributed by atoms with van der Waals surface area (Å²) in [5, 5.41) is 15.3. The fraction of sp³-hybridized carbons (Fsp3) is 0.444. The zero-order valence-electron chi connectivity index (χ0n) is 15.1. The lowest BCUT2D eigenvalue weighted by molar-refractivity contribution is -0.139. The summed E-state index contributed by atoms with van der Waals surface area (Å²) in [7, 11) is 0. The van der Waals surface area contributed by atoms with E-state index in [1.807, 2.05) is 20.8 Å². The molecule has 0 saturated heterocycles. The van der Waals surface area contributed by atoms with E-state index in [0.29, 0.717) is 42.4 Å². The second kappa shape index (κ2) is 8.46. The highest BCUT2D eigenvalue weighted by Gasteiger charge is 2.20. The first-order chi connectivity index (χ1) is 12.2. The van der Waals surface area contributed by atoms with Gasteiger partial charge in [-0.2, -0.15) is 4.98 Å². The SMILES string of the molecule is CC(C)(C)c1noc(CCCC(=O)Nc2cccc(OCC(=O)O)c2)n1. The Hall–Kier alpha value is -2.90. The second-order valence-corrected chi connectivity index (χ2v) is 6.87. The van der Waals surface area contributed by atoms with E-state index in [9.17, 15) is 9.59 Å². The van der Waals surface area contributed by atoms with Crippen molar-refractivity contribution in [3.8, 4) is 5.75 Å². The van der Waals surface area contributed by atoms with Crippen molar-refractivity contribution in [2.75, 3.05) is 11.9 Å². The molecule has 0 spiro atoms. The van der Waals surface area contributed by atoms with Gasteiger partial charge in [0.25, 0.3) is 0 Å². The molecule has 0 bridgehead atoms. The minimum absolute atomic E-state index is 0.157. The third-order valence-electron chi connectivity index (χ3n) is 3.41. The van der Waals surface area contributed by atoms with E-state index in [-0.39, 0.29) is 11.3 Å². The number of aryl methyl sites for hydroxylation is 1. The summed E-state index contributed by atoms with van der Waals surface area (Å²) in [5.41, 5.74) is 0.373. The molecule has 1 heterocycles.